The summed E-state index contributed by atoms with van der Waals surface area (Å²) in [4.78, 5) is 0. The first-order chi connectivity index (χ1) is 9.02. The molecule has 0 rings (SSSR count). The normalized spacial score (nSPS) is 15.4. The molecule has 1 nitrogen and oxygen atoms in total. The highest BCUT2D eigenvalue weighted by molar-refractivity contribution is 6.71. The van der Waals surface area contributed by atoms with E-state index in [0.29, 0.717) is 0 Å². The van der Waals surface area contributed by atoms with Gasteiger partial charge in [0.05, 0.1) is 0 Å². The van der Waals surface area contributed by atoms with Crippen LogP contribution in [0.25, 0.3) is 0 Å². The summed E-state index contributed by atoms with van der Waals surface area (Å²) < 4.78 is 118. The van der Waals surface area contributed by atoms with Gasteiger partial charge in [0, 0.05) is 13.0 Å². The van der Waals surface area contributed by atoms with E-state index in [1.165, 1.54) is 20.0 Å². The van der Waals surface area contributed by atoms with Gasteiger partial charge in [-0.2, -0.15) is 39.5 Å². The van der Waals surface area contributed by atoms with Gasteiger partial charge in [-0.15, -0.1) is 0 Å². The van der Waals surface area contributed by atoms with Gasteiger partial charge in [-0.1, -0.05) is 0 Å². The predicted molar refractivity (Wildman–Crippen MR) is 59.4 cm³/mol. The number of hydrogen-bond donors (Lipinski definition) is 0. The van der Waals surface area contributed by atoms with Crippen LogP contribution in [0.3, 0.4) is 0 Å². The van der Waals surface area contributed by atoms with Gasteiger partial charge < -0.3 is 4.43 Å². The fourth-order valence-electron chi connectivity index (χ4n) is 1.49. The van der Waals surface area contributed by atoms with Gasteiger partial charge in [0.1, 0.15) is 0 Å². The molecule has 0 saturated carbocycles. The third-order valence-corrected chi connectivity index (χ3v) is 5.31. The molecule has 0 bridgehead atoms. The molecule has 0 fully saturated rings. The molecule has 0 aliphatic rings. The molecule has 0 atom stereocenters. The van der Waals surface area contributed by atoms with Crippen molar-refractivity contribution in [2.45, 2.75) is 56.4 Å². The van der Waals surface area contributed by atoms with Gasteiger partial charge in [-0.3, -0.25) is 0 Å². The van der Waals surface area contributed by atoms with Crippen molar-refractivity contribution < 1.29 is 43.9 Å². The Kier molecular flexibility index (Phi) is 5.85. The van der Waals surface area contributed by atoms with Crippen molar-refractivity contribution in [1.82, 2.24) is 0 Å². The van der Waals surface area contributed by atoms with Crippen LogP contribution in [0, 0.1) is 0 Å². The SMILES string of the molecule is CCO[Si](C)(C)CCC(F)(F)C(F)(F)C(F)(F)C(F)(F)F. The van der Waals surface area contributed by atoms with E-state index in [-0.39, 0.29) is 6.61 Å². The van der Waals surface area contributed by atoms with Crippen molar-refractivity contribution in [3.63, 3.8) is 0 Å². The third-order valence-electron chi connectivity index (χ3n) is 2.79. The van der Waals surface area contributed by atoms with Gasteiger partial charge in [-0.05, 0) is 26.1 Å². The Bertz CT molecular complexity index is 351. The molecule has 0 aromatic carbocycles. The minimum Gasteiger partial charge on any atom is -0.418 e. The maximum Gasteiger partial charge on any atom is 0.460 e. The van der Waals surface area contributed by atoms with Crippen molar-refractivity contribution in [2.75, 3.05) is 6.61 Å². The van der Waals surface area contributed by atoms with Crippen LogP contribution in [0.15, 0.2) is 0 Å². The van der Waals surface area contributed by atoms with Crippen LogP contribution in [0.1, 0.15) is 13.3 Å². The molecule has 21 heavy (non-hydrogen) atoms. The smallest absolute Gasteiger partial charge is 0.418 e. The average molecular weight is 350 g/mol. The molecule has 0 radical (unpaired) electrons. The van der Waals surface area contributed by atoms with Crippen molar-refractivity contribution in [2.24, 2.45) is 0 Å². The monoisotopic (exact) mass is 350 g/mol. The van der Waals surface area contributed by atoms with E-state index in [0.717, 1.165) is 0 Å². The first-order valence-corrected chi connectivity index (χ1v) is 8.97. The zero-order chi connectivity index (χ0) is 17.3. The summed E-state index contributed by atoms with van der Waals surface area (Å²) in [5.41, 5.74) is 0. The second-order valence-electron chi connectivity index (χ2n) is 5.04. The lowest BCUT2D eigenvalue weighted by atomic mass is 10.0. The molecule has 11 heteroatoms. The fraction of sp³-hybridized carbons (Fsp3) is 1.00. The Labute approximate surface area is 116 Å². The van der Waals surface area contributed by atoms with E-state index in [4.69, 9.17) is 4.43 Å². The number of rotatable bonds is 7. The quantitative estimate of drug-likeness (QED) is 0.459. The molecular weight excluding hydrogens is 335 g/mol. The summed E-state index contributed by atoms with van der Waals surface area (Å²) in [5.74, 6) is -18.9. The maximum atomic E-state index is 13.2. The molecule has 128 valence electrons. The summed E-state index contributed by atoms with van der Waals surface area (Å²) in [5, 5.41) is 0. The van der Waals surface area contributed by atoms with E-state index in [1.54, 1.807) is 0 Å². The lowest BCUT2D eigenvalue weighted by Gasteiger charge is -2.34. The number of hydrogen-bond acceptors (Lipinski definition) is 1. The Balaban J connectivity index is 5.22. The van der Waals surface area contributed by atoms with Crippen LogP contribution >= 0.6 is 0 Å². The Hall–Kier alpha value is -0.453. The highest BCUT2D eigenvalue weighted by Crippen LogP contribution is 2.54. The molecule has 0 unspecified atom stereocenters. The summed E-state index contributed by atoms with van der Waals surface area (Å²) >= 11 is 0. The molecular formula is C10H15F9OSi. The van der Waals surface area contributed by atoms with Crippen LogP contribution in [-0.2, 0) is 4.43 Å². The minimum absolute atomic E-state index is 0.0971. The predicted octanol–water partition coefficient (Wildman–Crippen LogP) is 5.09. The van der Waals surface area contributed by atoms with Crippen molar-refractivity contribution in [3.8, 4) is 0 Å². The molecule has 0 spiro atoms. The molecule has 0 heterocycles. The molecule has 0 amide bonds. The van der Waals surface area contributed by atoms with Gasteiger partial charge in [0.25, 0.3) is 0 Å². The summed E-state index contributed by atoms with van der Waals surface area (Å²) in [6.45, 7) is 4.35. The van der Waals surface area contributed by atoms with E-state index in [1.807, 2.05) is 0 Å². The Morgan fingerprint density at radius 3 is 1.57 bits per heavy atom. The van der Waals surface area contributed by atoms with E-state index >= 15 is 0 Å². The first kappa shape index (κ1) is 20.5. The largest absolute Gasteiger partial charge is 0.460 e. The molecule has 0 aromatic rings. The first-order valence-electron chi connectivity index (χ1n) is 5.86. The topological polar surface area (TPSA) is 9.23 Å². The zero-order valence-electron chi connectivity index (χ0n) is 11.4. The Morgan fingerprint density at radius 1 is 0.810 bits per heavy atom. The van der Waals surface area contributed by atoms with Crippen LogP contribution in [0.2, 0.25) is 19.1 Å². The summed E-state index contributed by atoms with van der Waals surface area (Å²) in [6, 6.07) is -0.683. The van der Waals surface area contributed by atoms with E-state index < -0.39 is 44.7 Å². The lowest BCUT2D eigenvalue weighted by molar-refractivity contribution is -0.396. The number of alkyl halides is 9. The highest BCUT2D eigenvalue weighted by Gasteiger charge is 2.81. The zero-order valence-corrected chi connectivity index (χ0v) is 12.4. The van der Waals surface area contributed by atoms with Gasteiger partial charge in [-0.25, -0.2) is 0 Å². The summed E-state index contributed by atoms with van der Waals surface area (Å²) in [7, 11) is -2.84. The van der Waals surface area contributed by atoms with Crippen molar-refractivity contribution in [1.29, 1.82) is 0 Å². The molecule has 0 aliphatic carbocycles. The lowest BCUT2D eigenvalue weighted by Crippen LogP contribution is -2.61. The third kappa shape index (κ3) is 4.27. The summed E-state index contributed by atoms with van der Waals surface area (Å²) in [6.07, 6.45) is -8.59. The molecule has 0 aromatic heterocycles. The van der Waals surface area contributed by atoms with E-state index in [2.05, 4.69) is 0 Å². The van der Waals surface area contributed by atoms with Gasteiger partial charge >= 0.3 is 23.9 Å². The molecule has 0 aliphatic heterocycles. The fourth-order valence-corrected chi connectivity index (χ4v) is 3.33. The highest BCUT2D eigenvalue weighted by atomic mass is 28.4. The van der Waals surface area contributed by atoms with Crippen LogP contribution < -0.4 is 0 Å². The van der Waals surface area contributed by atoms with Crippen LogP contribution in [0.5, 0.6) is 0 Å². The van der Waals surface area contributed by atoms with Crippen molar-refractivity contribution >= 4 is 8.32 Å². The second-order valence-corrected chi connectivity index (χ2v) is 9.35. The van der Waals surface area contributed by atoms with E-state index in [9.17, 15) is 39.5 Å². The number of halogens is 9. The second kappa shape index (κ2) is 5.97. The standard InChI is InChI=1S/C10H15F9OSi/c1-4-20-21(2,3)6-5-7(11,12)8(13,14)9(15,16)10(17,18)19/h4-6H2,1-3H3. The van der Waals surface area contributed by atoms with Gasteiger partial charge in [0.15, 0.2) is 8.32 Å². The van der Waals surface area contributed by atoms with Crippen LogP contribution in [0.4, 0.5) is 39.5 Å². The van der Waals surface area contributed by atoms with Crippen LogP contribution in [-0.4, -0.2) is 38.9 Å². The Morgan fingerprint density at radius 2 is 1.24 bits per heavy atom. The average Bonchev–Trinajstić information content (AvgIpc) is 2.24. The maximum absolute atomic E-state index is 13.2. The molecule has 0 N–H and O–H groups in total. The minimum atomic E-state index is -6.82. The van der Waals surface area contributed by atoms with Gasteiger partial charge in [0.2, 0.25) is 0 Å². The van der Waals surface area contributed by atoms with Crippen molar-refractivity contribution in [3.05, 3.63) is 0 Å². The molecule has 0 saturated heterocycles.